The predicted molar refractivity (Wildman–Crippen MR) is 137 cm³/mol. The van der Waals surface area contributed by atoms with E-state index in [0.717, 1.165) is 0 Å². The summed E-state index contributed by atoms with van der Waals surface area (Å²) in [4.78, 5) is 26.3. The Morgan fingerprint density at radius 2 is 1.75 bits per heavy atom. The molecule has 2 N–H and O–H groups in total. The van der Waals surface area contributed by atoms with Crippen LogP contribution in [0.4, 0.5) is 4.39 Å². The molecule has 7 heteroatoms. The van der Waals surface area contributed by atoms with E-state index < -0.39 is 11.9 Å². The minimum atomic E-state index is -0.717. The zero-order valence-corrected chi connectivity index (χ0v) is 20.5. The number of halogens is 1. The van der Waals surface area contributed by atoms with Gasteiger partial charge in [-0.3, -0.25) is 9.59 Å². The molecule has 0 aliphatic carbocycles. The Bertz CT molecular complexity index is 1360. The van der Waals surface area contributed by atoms with Gasteiger partial charge in [0, 0.05) is 23.1 Å². The lowest BCUT2D eigenvalue weighted by Gasteiger charge is -2.23. The van der Waals surface area contributed by atoms with Crippen molar-refractivity contribution in [3.8, 4) is 5.75 Å². The van der Waals surface area contributed by atoms with Gasteiger partial charge in [0.2, 0.25) is 0 Å². The number of para-hydroxylation sites is 1. The highest BCUT2D eigenvalue weighted by molar-refractivity contribution is 6.06. The van der Waals surface area contributed by atoms with E-state index in [1.54, 1.807) is 36.4 Å². The van der Waals surface area contributed by atoms with Crippen molar-refractivity contribution in [1.82, 2.24) is 10.6 Å². The molecule has 0 radical (unpaired) electrons. The molecule has 3 aromatic carbocycles. The highest BCUT2D eigenvalue weighted by Crippen LogP contribution is 2.33. The van der Waals surface area contributed by atoms with E-state index >= 15 is 0 Å². The number of benzene rings is 3. The molecule has 1 atom stereocenters. The van der Waals surface area contributed by atoms with E-state index in [0.29, 0.717) is 58.0 Å². The van der Waals surface area contributed by atoms with Gasteiger partial charge in [-0.2, -0.15) is 0 Å². The monoisotopic (exact) mass is 488 g/mol. The molecule has 2 amide bonds. The summed E-state index contributed by atoms with van der Waals surface area (Å²) in [7, 11) is 0. The average molecular weight is 489 g/mol. The Hall–Kier alpha value is -4.13. The maximum Gasteiger partial charge on any atom is 0.255 e. The molecule has 0 aliphatic heterocycles. The van der Waals surface area contributed by atoms with E-state index in [1.165, 1.54) is 18.4 Å². The molecule has 4 rings (SSSR count). The number of hydrogen-bond donors (Lipinski definition) is 2. The first-order valence-corrected chi connectivity index (χ1v) is 11.9. The summed E-state index contributed by atoms with van der Waals surface area (Å²) in [6, 6.07) is 17.6. The van der Waals surface area contributed by atoms with E-state index in [4.69, 9.17) is 9.15 Å². The van der Waals surface area contributed by atoms with E-state index in [9.17, 15) is 14.0 Å². The van der Waals surface area contributed by atoms with Crippen molar-refractivity contribution < 1.29 is 23.1 Å². The summed E-state index contributed by atoms with van der Waals surface area (Å²) < 4.78 is 25.2. The molecule has 4 aromatic rings. The summed E-state index contributed by atoms with van der Waals surface area (Å²) in [5.74, 6) is -0.169. The first kappa shape index (κ1) is 25.0. The van der Waals surface area contributed by atoms with Gasteiger partial charge in [-0.25, -0.2) is 4.39 Å². The van der Waals surface area contributed by atoms with Crippen LogP contribution in [-0.2, 0) is 0 Å². The van der Waals surface area contributed by atoms with E-state index in [2.05, 4.69) is 10.6 Å². The predicted octanol–water partition coefficient (Wildman–Crippen LogP) is 5.88. The molecule has 0 aliphatic rings. The third-order valence-corrected chi connectivity index (χ3v) is 5.76. The van der Waals surface area contributed by atoms with Gasteiger partial charge in [-0.1, -0.05) is 44.2 Å². The van der Waals surface area contributed by atoms with E-state index in [-0.39, 0.29) is 11.8 Å². The number of ether oxygens (including phenoxy) is 1. The van der Waals surface area contributed by atoms with Gasteiger partial charge >= 0.3 is 0 Å². The quantitative estimate of drug-likeness (QED) is 0.309. The van der Waals surface area contributed by atoms with Gasteiger partial charge < -0.3 is 19.8 Å². The van der Waals surface area contributed by atoms with Crippen molar-refractivity contribution in [2.75, 3.05) is 13.2 Å². The van der Waals surface area contributed by atoms with Crippen LogP contribution in [0, 0.1) is 11.7 Å². The van der Waals surface area contributed by atoms with E-state index in [1.807, 2.05) is 39.0 Å². The summed E-state index contributed by atoms with van der Waals surface area (Å²) in [6.07, 6.45) is 1.42. The van der Waals surface area contributed by atoms with Crippen molar-refractivity contribution in [2.24, 2.45) is 5.92 Å². The topological polar surface area (TPSA) is 80.6 Å². The van der Waals surface area contributed by atoms with Crippen LogP contribution >= 0.6 is 0 Å². The molecule has 36 heavy (non-hydrogen) atoms. The minimum absolute atomic E-state index is 0.224. The molecule has 0 bridgehead atoms. The Labute approximate surface area is 209 Å². The fourth-order valence-corrected chi connectivity index (χ4v) is 3.96. The lowest BCUT2D eigenvalue weighted by molar-refractivity contribution is 0.0940. The fourth-order valence-electron chi connectivity index (χ4n) is 3.96. The average Bonchev–Trinajstić information content (AvgIpc) is 3.31. The molecule has 0 saturated heterocycles. The smallest absolute Gasteiger partial charge is 0.255 e. The number of furan rings is 1. The molecular weight excluding hydrogens is 459 g/mol. The zero-order valence-electron chi connectivity index (χ0n) is 20.5. The number of carbonyl (C=O) groups is 2. The van der Waals surface area contributed by atoms with Gasteiger partial charge in [0.25, 0.3) is 11.8 Å². The highest BCUT2D eigenvalue weighted by atomic mass is 19.1. The highest BCUT2D eigenvalue weighted by Gasteiger charge is 2.25. The maximum absolute atomic E-state index is 13.8. The first-order valence-electron chi connectivity index (χ1n) is 11.9. The second-order valence-electron chi connectivity index (χ2n) is 8.89. The molecule has 1 aromatic heterocycles. The van der Waals surface area contributed by atoms with Crippen molar-refractivity contribution in [1.29, 1.82) is 0 Å². The molecule has 186 valence electrons. The van der Waals surface area contributed by atoms with Crippen LogP contribution in [0.1, 0.15) is 58.7 Å². The lowest BCUT2D eigenvalue weighted by Crippen LogP contribution is -2.30. The van der Waals surface area contributed by atoms with Gasteiger partial charge in [0.05, 0.1) is 18.2 Å². The normalized spacial score (nSPS) is 11.9. The standard InChI is InChI=1S/C29H29FN2O4/c1-4-35-26-14-11-20(28(33)31-16-18(2)3)15-23(26)27(19-9-12-21(30)13-10-19)32-29(34)24-17-36-25-8-6-5-7-22(24)25/h5-15,17-18,27H,4,16H2,1-3H3,(H,31,33)(H,32,34). The number of rotatable bonds is 9. The Morgan fingerprint density at radius 3 is 2.47 bits per heavy atom. The first-order chi connectivity index (χ1) is 17.4. The molecule has 1 heterocycles. The van der Waals surface area contributed by atoms with Crippen molar-refractivity contribution in [2.45, 2.75) is 26.8 Å². The van der Waals surface area contributed by atoms with Crippen molar-refractivity contribution >= 4 is 22.8 Å². The number of carbonyl (C=O) groups excluding carboxylic acids is 2. The molecule has 0 fully saturated rings. The molecule has 1 unspecified atom stereocenters. The van der Waals surface area contributed by atoms with Gasteiger partial charge in [0.15, 0.2) is 0 Å². The van der Waals surface area contributed by atoms with Crippen LogP contribution in [0.25, 0.3) is 11.0 Å². The largest absolute Gasteiger partial charge is 0.494 e. The summed E-state index contributed by atoms with van der Waals surface area (Å²) in [6.45, 7) is 6.82. The second-order valence-corrected chi connectivity index (χ2v) is 8.89. The van der Waals surface area contributed by atoms with Crippen LogP contribution in [0.15, 0.2) is 77.4 Å². The van der Waals surface area contributed by atoms with Gasteiger partial charge in [-0.15, -0.1) is 0 Å². The number of hydrogen-bond acceptors (Lipinski definition) is 4. The third kappa shape index (κ3) is 5.57. The SMILES string of the molecule is CCOc1ccc(C(=O)NCC(C)C)cc1C(NC(=O)c1coc2ccccc12)c1ccc(F)cc1. The Kier molecular flexibility index (Phi) is 7.68. The molecule has 0 saturated carbocycles. The summed E-state index contributed by atoms with van der Waals surface area (Å²) in [5, 5.41) is 6.64. The molecule has 6 nitrogen and oxygen atoms in total. The third-order valence-electron chi connectivity index (χ3n) is 5.76. The van der Waals surface area contributed by atoms with Crippen LogP contribution < -0.4 is 15.4 Å². The van der Waals surface area contributed by atoms with Crippen LogP contribution in [0.2, 0.25) is 0 Å². The Balaban J connectivity index is 1.76. The number of fused-ring (bicyclic) bond motifs is 1. The van der Waals surface area contributed by atoms with Crippen LogP contribution in [-0.4, -0.2) is 25.0 Å². The molecular formula is C29H29FN2O4. The Morgan fingerprint density at radius 1 is 1.00 bits per heavy atom. The zero-order chi connectivity index (χ0) is 25.7. The van der Waals surface area contributed by atoms with Crippen molar-refractivity contribution in [3.05, 3.63) is 101 Å². The van der Waals surface area contributed by atoms with Crippen molar-refractivity contribution in [3.63, 3.8) is 0 Å². The van der Waals surface area contributed by atoms with Gasteiger partial charge in [-0.05, 0) is 54.8 Å². The number of nitrogens with one attached hydrogen (secondary N) is 2. The number of amides is 2. The molecule has 0 spiro atoms. The second kappa shape index (κ2) is 11.1. The summed E-state index contributed by atoms with van der Waals surface area (Å²) in [5.41, 5.74) is 2.63. The summed E-state index contributed by atoms with van der Waals surface area (Å²) >= 11 is 0. The van der Waals surface area contributed by atoms with Gasteiger partial charge in [0.1, 0.15) is 23.4 Å². The minimum Gasteiger partial charge on any atom is -0.494 e. The van der Waals surface area contributed by atoms with Crippen LogP contribution in [0.5, 0.6) is 5.75 Å². The fraction of sp³-hybridized carbons (Fsp3) is 0.241. The maximum atomic E-state index is 13.8. The lowest BCUT2D eigenvalue weighted by atomic mass is 9.95. The van der Waals surface area contributed by atoms with Crippen LogP contribution in [0.3, 0.4) is 0 Å².